The van der Waals surface area contributed by atoms with Crippen LogP contribution in [0.3, 0.4) is 0 Å². The first-order chi connectivity index (χ1) is 13.7. The number of fused-ring (bicyclic) bond motifs is 5. The smallest absolute Gasteiger partial charge is 0.420 e. The van der Waals surface area contributed by atoms with Gasteiger partial charge in [-0.1, -0.05) is 36.9 Å². The van der Waals surface area contributed by atoms with Gasteiger partial charge in [-0.05, 0) is 12.1 Å². The van der Waals surface area contributed by atoms with Gasteiger partial charge in [0.25, 0.3) is 0 Å². The van der Waals surface area contributed by atoms with Crippen LogP contribution in [0.4, 0.5) is 19.0 Å². The number of ether oxygens (including phenoxy) is 2. The zero-order valence-corrected chi connectivity index (χ0v) is 15.4. The van der Waals surface area contributed by atoms with Gasteiger partial charge >= 0.3 is 12.2 Å². The Morgan fingerprint density at radius 1 is 1.14 bits per heavy atom. The second-order valence-electron chi connectivity index (χ2n) is 6.07. The molecule has 1 aliphatic rings. The van der Waals surface area contributed by atoms with Gasteiger partial charge in [0.05, 0.1) is 17.1 Å². The molecule has 29 heavy (non-hydrogen) atoms. The number of nitrogens with zero attached hydrogens (tertiary/aromatic N) is 3. The fraction of sp³-hybridized carbons (Fsp3) is 0.105. The average Bonchev–Trinajstić information content (AvgIpc) is 2.67. The Bertz CT molecular complexity index is 1160. The molecule has 10 heteroatoms. The van der Waals surface area contributed by atoms with Crippen LogP contribution in [-0.2, 0) is 6.18 Å². The van der Waals surface area contributed by atoms with E-state index in [0.29, 0.717) is 11.3 Å². The highest BCUT2D eigenvalue weighted by Gasteiger charge is 2.38. The third kappa shape index (κ3) is 3.56. The fourth-order valence-corrected chi connectivity index (χ4v) is 3.10. The molecule has 1 aromatic carbocycles. The molecule has 1 aliphatic heterocycles. The maximum atomic E-state index is 13.7. The van der Waals surface area contributed by atoms with Crippen molar-refractivity contribution in [1.82, 2.24) is 15.0 Å². The Hall–Kier alpha value is -3.33. The summed E-state index contributed by atoms with van der Waals surface area (Å²) in [5, 5.41) is 1.74. The molecular formula is C19H12ClF3N4O2. The summed E-state index contributed by atoms with van der Waals surface area (Å²) in [6, 6.07) is 6.66. The predicted octanol–water partition coefficient (Wildman–Crippen LogP) is 5.06. The summed E-state index contributed by atoms with van der Waals surface area (Å²) >= 11 is 5.77. The quantitative estimate of drug-likeness (QED) is 0.512. The highest BCUT2D eigenvalue weighted by molar-refractivity contribution is 6.31. The minimum absolute atomic E-state index is 0.0201. The molecule has 1 N–H and O–H groups in total. The van der Waals surface area contributed by atoms with E-state index in [2.05, 4.69) is 33.4 Å². The Balaban J connectivity index is 1.99. The number of para-hydroxylation sites is 1. The molecule has 0 radical (unpaired) electrons. The van der Waals surface area contributed by atoms with E-state index in [9.17, 15) is 13.2 Å². The van der Waals surface area contributed by atoms with Crippen molar-refractivity contribution in [2.75, 3.05) is 11.9 Å². The van der Waals surface area contributed by atoms with Crippen molar-refractivity contribution in [2.45, 2.75) is 6.18 Å². The number of aromatic nitrogens is 3. The van der Waals surface area contributed by atoms with Gasteiger partial charge in [-0.15, -0.1) is 0 Å². The lowest BCUT2D eigenvalue weighted by atomic mass is 10.1. The van der Waals surface area contributed by atoms with Gasteiger partial charge < -0.3 is 14.8 Å². The van der Waals surface area contributed by atoms with E-state index in [-0.39, 0.29) is 40.8 Å². The number of nitrogens with one attached hydrogen (secondary N) is 1. The van der Waals surface area contributed by atoms with Crippen molar-refractivity contribution in [2.24, 2.45) is 0 Å². The van der Waals surface area contributed by atoms with Gasteiger partial charge in [0.15, 0.2) is 0 Å². The lowest BCUT2D eigenvalue weighted by molar-refractivity contribution is -0.136. The van der Waals surface area contributed by atoms with Crippen LogP contribution in [0, 0.1) is 0 Å². The predicted molar refractivity (Wildman–Crippen MR) is 102 cm³/mol. The van der Waals surface area contributed by atoms with Crippen LogP contribution in [-0.4, -0.2) is 21.6 Å². The first-order valence-electron chi connectivity index (χ1n) is 8.21. The standard InChI is InChI=1S/C19H12ClF3N4O2/c1-9-8-28-13-6-4-3-5-11(13)10(2)25-17-14-12(26-18(27-17)29-9)7-24-16(20)15(14)19(21,22)23/h3-7H,1-2,8H2,(H,25,26,27). The molecule has 0 atom stereocenters. The van der Waals surface area contributed by atoms with E-state index in [1.54, 1.807) is 24.3 Å². The molecule has 0 saturated carbocycles. The van der Waals surface area contributed by atoms with Crippen LogP contribution >= 0.6 is 11.6 Å². The molecule has 3 heterocycles. The topological polar surface area (TPSA) is 69.2 Å². The Labute approximate surface area is 167 Å². The second-order valence-corrected chi connectivity index (χ2v) is 6.42. The van der Waals surface area contributed by atoms with Gasteiger partial charge in [-0.2, -0.15) is 23.1 Å². The van der Waals surface area contributed by atoms with Crippen molar-refractivity contribution < 1.29 is 22.6 Å². The SMILES string of the molecule is C=C1COc2ccccc2C(=C)Nc2nc(nc3cnc(Cl)c(C(F)(F)F)c23)O1. The highest BCUT2D eigenvalue weighted by Crippen LogP contribution is 2.42. The van der Waals surface area contributed by atoms with E-state index in [4.69, 9.17) is 21.1 Å². The number of pyridine rings is 1. The van der Waals surface area contributed by atoms with Gasteiger partial charge in [0.2, 0.25) is 0 Å². The Morgan fingerprint density at radius 2 is 1.90 bits per heavy atom. The van der Waals surface area contributed by atoms with E-state index in [1.807, 2.05) is 0 Å². The van der Waals surface area contributed by atoms with E-state index in [1.165, 1.54) is 0 Å². The van der Waals surface area contributed by atoms with Crippen LogP contribution in [0.1, 0.15) is 11.1 Å². The normalized spacial score (nSPS) is 14.3. The molecule has 0 fully saturated rings. The third-order valence-electron chi connectivity index (χ3n) is 4.06. The van der Waals surface area contributed by atoms with Crippen molar-refractivity contribution in [1.29, 1.82) is 0 Å². The molecule has 6 nitrogen and oxygen atoms in total. The van der Waals surface area contributed by atoms with Crippen LogP contribution < -0.4 is 14.8 Å². The number of benzene rings is 1. The fourth-order valence-electron chi connectivity index (χ4n) is 2.85. The third-order valence-corrected chi connectivity index (χ3v) is 4.35. The van der Waals surface area contributed by atoms with Crippen molar-refractivity contribution in [3.63, 3.8) is 0 Å². The van der Waals surface area contributed by atoms with Crippen molar-refractivity contribution in [3.8, 4) is 11.8 Å². The summed E-state index contributed by atoms with van der Waals surface area (Å²) in [5.74, 6) is 0.421. The number of halogens is 4. The van der Waals surface area contributed by atoms with Gasteiger partial charge in [0, 0.05) is 11.3 Å². The summed E-state index contributed by atoms with van der Waals surface area (Å²) < 4.78 is 52.3. The molecule has 0 spiro atoms. The van der Waals surface area contributed by atoms with Crippen molar-refractivity contribution >= 4 is 34.0 Å². The van der Waals surface area contributed by atoms with E-state index >= 15 is 0 Å². The largest absolute Gasteiger partial charge is 0.485 e. The molecule has 2 aromatic heterocycles. The van der Waals surface area contributed by atoms with Gasteiger partial charge in [-0.25, -0.2) is 4.98 Å². The molecular weight excluding hydrogens is 409 g/mol. The lowest BCUT2D eigenvalue weighted by Gasteiger charge is -2.17. The zero-order chi connectivity index (χ0) is 20.8. The number of hydrogen-bond acceptors (Lipinski definition) is 6. The van der Waals surface area contributed by atoms with Crippen LogP contribution in [0.2, 0.25) is 5.15 Å². The van der Waals surface area contributed by atoms with E-state index in [0.717, 1.165) is 6.20 Å². The minimum Gasteiger partial charge on any atom is -0.485 e. The summed E-state index contributed by atoms with van der Waals surface area (Å²) in [6.45, 7) is 7.62. The molecule has 148 valence electrons. The van der Waals surface area contributed by atoms with Crippen LogP contribution in [0.25, 0.3) is 16.6 Å². The lowest BCUT2D eigenvalue weighted by Crippen LogP contribution is -2.12. The monoisotopic (exact) mass is 420 g/mol. The summed E-state index contributed by atoms with van der Waals surface area (Å²) in [7, 11) is 0. The summed E-state index contributed by atoms with van der Waals surface area (Å²) in [5.41, 5.74) is -0.468. The highest BCUT2D eigenvalue weighted by atomic mass is 35.5. The van der Waals surface area contributed by atoms with Crippen LogP contribution in [0.5, 0.6) is 11.8 Å². The molecule has 0 unspecified atom stereocenters. The molecule has 0 amide bonds. The molecule has 2 bridgehead atoms. The maximum absolute atomic E-state index is 13.7. The number of hydrogen-bond donors (Lipinski definition) is 1. The first-order valence-corrected chi connectivity index (χ1v) is 8.59. The van der Waals surface area contributed by atoms with E-state index < -0.39 is 16.9 Å². The Morgan fingerprint density at radius 3 is 2.66 bits per heavy atom. The summed E-state index contributed by atoms with van der Waals surface area (Å²) in [6.07, 6.45) is -3.67. The molecule has 3 aromatic rings. The second kappa shape index (κ2) is 6.93. The molecule has 0 saturated heterocycles. The van der Waals surface area contributed by atoms with Crippen molar-refractivity contribution in [3.05, 3.63) is 65.7 Å². The number of alkyl halides is 3. The minimum atomic E-state index is -4.79. The zero-order valence-electron chi connectivity index (χ0n) is 14.7. The summed E-state index contributed by atoms with van der Waals surface area (Å²) in [4.78, 5) is 11.7. The Kier molecular flexibility index (Phi) is 4.54. The van der Waals surface area contributed by atoms with Crippen LogP contribution in [0.15, 0.2) is 49.4 Å². The van der Waals surface area contributed by atoms with Gasteiger partial charge in [0.1, 0.15) is 34.6 Å². The number of anilines is 1. The first kappa shape index (κ1) is 19.0. The maximum Gasteiger partial charge on any atom is 0.420 e. The number of rotatable bonds is 0. The molecule has 4 rings (SSSR count). The van der Waals surface area contributed by atoms with Gasteiger partial charge in [-0.3, -0.25) is 0 Å². The average molecular weight is 421 g/mol. The molecule has 0 aliphatic carbocycles.